The minimum atomic E-state index is -3.84. The highest BCUT2D eigenvalue weighted by atomic mass is 31.2. The topological polar surface area (TPSA) is 131 Å². The van der Waals surface area contributed by atoms with Crippen LogP contribution in [0.15, 0.2) is 36.5 Å². The molecule has 2 atom stereocenters. The van der Waals surface area contributed by atoms with Crippen LogP contribution in [0.4, 0.5) is 14.9 Å². The number of pyridine rings is 1. The molecule has 0 aliphatic carbocycles. The molecule has 192 valence electrons. The van der Waals surface area contributed by atoms with Gasteiger partial charge in [-0.15, -0.1) is 10.2 Å². The number of nitrogens with zero attached hydrogens (tertiary/aromatic N) is 6. The van der Waals surface area contributed by atoms with Crippen LogP contribution in [0.25, 0.3) is 22.6 Å². The van der Waals surface area contributed by atoms with Crippen molar-refractivity contribution < 1.29 is 32.1 Å². The van der Waals surface area contributed by atoms with Gasteiger partial charge in [-0.05, 0) is 50.3 Å². The summed E-state index contributed by atoms with van der Waals surface area (Å²) >= 11 is 0. The highest BCUT2D eigenvalue weighted by Gasteiger charge is 2.37. The summed E-state index contributed by atoms with van der Waals surface area (Å²) < 4.78 is 48.5. The van der Waals surface area contributed by atoms with E-state index in [1.165, 1.54) is 29.1 Å². The van der Waals surface area contributed by atoms with Gasteiger partial charge in [-0.3, -0.25) is 23.5 Å². The Morgan fingerprint density at radius 1 is 1.25 bits per heavy atom. The Balaban J connectivity index is 1.43. The lowest BCUT2D eigenvalue weighted by atomic mass is 10.1. The number of phosphoric acid groups is 1. The molecular weight excluding hydrogens is 494 g/mol. The third kappa shape index (κ3) is 5.93. The summed E-state index contributed by atoms with van der Waals surface area (Å²) in [5.41, 5.74) is 0.876. The summed E-state index contributed by atoms with van der Waals surface area (Å²) in [7, 11) is -0.991. The number of tetrazole rings is 1. The van der Waals surface area contributed by atoms with Crippen LogP contribution in [0, 0.1) is 5.82 Å². The van der Waals surface area contributed by atoms with Crippen molar-refractivity contribution in [2.75, 3.05) is 25.2 Å². The summed E-state index contributed by atoms with van der Waals surface area (Å²) in [6, 6.07) is 7.76. The van der Waals surface area contributed by atoms with E-state index < -0.39 is 31.4 Å². The molecule has 0 saturated carbocycles. The number of anilines is 1. The van der Waals surface area contributed by atoms with E-state index in [2.05, 4.69) is 20.4 Å². The van der Waals surface area contributed by atoms with E-state index in [9.17, 15) is 9.36 Å². The minimum absolute atomic E-state index is 0.0677. The van der Waals surface area contributed by atoms with Gasteiger partial charge in [-0.1, -0.05) is 6.07 Å². The quantitative estimate of drug-likeness (QED) is 0.402. The molecule has 12 nitrogen and oxygen atoms in total. The van der Waals surface area contributed by atoms with Crippen molar-refractivity contribution in [2.24, 2.45) is 7.05 Å². The van der Waals surface area contributed by atoms with Crippen LogP contribution in [-0.4, -0.2) is 63.3 Å². The van der Waals surface area contributed by atoms with Crippen molar-refractivity contribution in [1.29, 1.82) is 0 Å². The first-order valence-corrected chi connectivity index (χ1v) is 12.4. The smallest absolute Gasteiger partial charge is 0.441 e. The second-order valence-electron chi connectivity index (χ2n) is 8.94. The van der Waals surface area contributed by atoms with Crippen LogP contribution in [0.5, 0.6) is 0 Å². The number of cyclic esters (lactones) is 1. The van der Waals surface area contributed by atoms with Crippen molar-refractivity contribution in [1.82, 2.24) is 25.2 Å². The lowest BCUT2D eigenvalue weighted by molar-refractivity contribution is 0.0320. The Morgan fingerprint density at radius 3 is 2.61 bits per heavy atom. The molecule has 14 heteroatoms. The standard InChI is InChI=1S/C22H26FN6O6P/c1-22(2,3)35-36(31,32-5)33-13-16-12-29(21(30)34-16)15-7-8-17(18(23)10-15)14-6-9-19(24-11-14)20-25-27-28(4)26-20/h6-11,16H,12-13H2,1-5H3/t16-,36?/m1/s1. The van der Waals surface area contributed by atoms with Crippen LogP contribution >= 0.6 is 7.82 Å². The number of aryl methyl sites for hydroxylation is 1. The predicted molar refractivity (Wildman–Crippen MR) is 126 cm³/mol. The van der Waals surface area contributed by atoms with Crippen LogP contribution in [0.3, 0.4) is 0 Å². The second-order valence-corrected chi connectivity index (χ2v) is 10.6. The second kappa shape index (κ2) is 10.0. The summed E-state index contributed by atoms with van der Waals surface area (Å²) in [5, 5.41) is 11.8. The van der Waals surface area contributed by atoms with Crippen molar-refractivity contribution >= 4 is 19.6 Å². The number of ether oxygens (including phenoxy) is 1. The Hall–Kier alpha value is -3.25. The first-order valence-electron chi connectivity index (χ1n) is 11.0. The van der Waals surface area contributed by atoms with Gasteiger partial charge in [0.25, 0.3) is 0 Å². The molecule has 3 heterocycles. The molecule has 4 rings (SSSR count). The van der Waals surface area contributed by atoms with Gasteiger partial charge in [-0.25, -0.2) is 13.8 Å². The van der Waals surface area contributed by atoms with E-state index in [-0.39, 0.29) is 13.2 Å². The largest absolute Gasteiger partial charge is 0.475 e. The van der Waals surface area contributed by atoms with E-state index in [0.29, 0.717) is 28.3 Å². The van der Waals surface area contributed by atoms with Crippen LogP contribution < -0.4 is 4.90 Å². The maximum Gasteiger partial charge on any atom is 0.475 e. The summed E-state index contributed by atoms with van der Waals surface area (Å²) in [5.74, 6) is -0.188. The molecule has 1 fully saturated rings. The number of hydrogen-bond acceptors (Lipinski definition) is 10. The highest BCUT2D eigenvalue weighted by Crippen LogP contribution is 2.52. The first-order chi connectivity index (χ1) is 17.0. The zero-order chi connectivity index (χ0) is 26.1. The molecule has 1 aromatic carbocycles. The predicted octanol–water partition coefficient (Wildman–Crippen LogP) is 3.99. The van der Waals surface area contributed by atoms with Gasteiger partial charge in [0.1, 0.15) is 17.6 Å². The Labute approximate surface area is 206 Å². The first kappa shape index (κ1) is 25.8. The number of benzene rings is 1. The highest BCUT2D eigenvalue weighted by molar-refractivity contribution is 7.48. The summed E-state index contributed by atoms with van der Waals surface area (Å²) in [6.45, 7) is 4.96. The molecule has 3 aromatic rings. The van der Waals surface area contributed by atoms with E-state index >= 15 is 4.39 Å². The number of amides is 1. The zero-order valence-electron chi connectivity index (χ0n) is 20.4. The maximum absolute atomic E-state index is 15.0. The number of phosphoric ester groups is 1. The molecule has 1 unspecified atom stereocenters. The molecular formula is C22H26FN6O6P. The molecule has 1 saturated heterocycles. The van der Waals surface area contributed by atoms with Gasteiger partial charge in [0, 0.05) is 24.4 Å². The number of aromatic nitrogens is 5. The van der Waals surface area contributed by atoms with E-state index in [1.54, 1.807) is 52.1 Å². The molecule has 1 amide bonds. The fourth-order valence-corrected chi connectivity index (χ4v) is 4.68. The maximum atomic E-state index is 15.0. The van der Waals surface area contributed by atoms with Crippen molar-refractivity contribution in [3.05, 3.63) is 42.3 Å². The fourth-order valence-electron chi connectivity index (χ4n) is 3.42. The minimum Gasteiger partial charge on any atom is -0.441 e. The van der Waals surface area contributed by atoms with Crippen LogP contribution in [0.1, 0.15) is 20.8 Å². The van der Waals surface area contributed by atoms with Gasteiger partial charge >= 0.3 is 13.9 Å². The molecule has 2 aromatic heterocycles. The number of carbonyl (C=O) groups is 1. The molecule has 36 heavy (non-hydrogen) atoms. The molecule has 0 spiro atoms. The van der Waals surface area contributed by atoms with Crippen molar-refractivity contribution in [3.63, 3.8) is 0 Å². The van der Waals surface area contributed by atoms with Gasteiger partial charge in [0.15, 0.2) is 0 Å². The van der Waals surface area contributed by atoms with Gasteiger partial charge in [0.2, 0.25) is 5.82 Å². The Bertz CT molecular complexity index is 1290. The average molecular weight is 520 g/mol. The fraction of sp³-hybridized carbons (Fsp3) is 0.409. The third-order valence-corrected chi connectivity index (χ3v) is 6.66. The normalized spacial score (nSPS) is 17.8. The SMILES string of the molecule is COP(=O)(OC[C@H]1CN(c2ccc(-c3ccc(-c4nnn(C)n4)nc3)c(F)c2)C(=O)O1)OC(C)(C)C. The van der Waals surface area contributed by atoms with Gasteiger partial charge in [0.05, 0.1) is 31.5 Å². The van der Waals surface area contributed by atoms with E-state index in [4.69, 9.17) is 18.3 Å². The van der Waals surface area contributed by atoms with Crippen molar-refractivity contribution in [3.8, 4) is 22.6 Å². The number of halogens is 1. The summed E-state index contributed by atoms with van der Waals surface area (Å²) in [6.07, 6.45) is 0.0793. The van der Waals surface area contributed by atoms with Gasteiger partial charge in [-0.2, -0.15) is 4.80 Å². The van der Waals surface area contributed by atoms with Crippen LogP contribution in [-0.2, 0) is 29.9 Å². The lowest BCUT2D eigenvalue weighted by Gasteiger charge is -2.25. The molecule has 0 N–H and O–H groups in total. The molecule has 1 aliphatic rings. The van der Waals surface area contributed by atoms with E-state index in [0.717, 1.165) is 0 Å². The molecule has 0 bridgehead atoms. The zero-order valence-corrected chi connectivity index (χ0v) is 21.3. The summed E-state index contributed by atoms with van der Waals surface area (Å²) in [4.78, 5) is 19.3. The number of rotatable bonds is 8. The third-order valence-electron chi connectivity index (χ3n) is 4.98. The number of hydrogen-bond donors (Lipinski definition) is 0. The monoisotopic (exact) mass is 520 g/mol. The molecule has 0 radical (unpaired) electrons. The van der Waals surface area contributed by atoms with Gasteiger partial charge < -0.3 is 4.74 Å². The number of carbonyl (C=O) groups excluding carboxylic acids is 1. The van der Waals surface area contributed by atoms with Crippen LogP contribution in [0.2, 0.25) is 0 Å². The lowest BCUT2D eigenvalue weighted by Crippen LogP contribution is -2.26. The molecule has 1 aliphatic heterocycles. The average Bonchev–Trinajstić information content (AvgIpc) is 3.42. The Kier molecular flexibility index (Phi) is 7.19. The van der Waals surface area contributed by atoms with Crippen molar-refractivity contribution in [2.45, 2.75) is 32.5 Å². The van der Waals surface area contributed by atoms with E-state index in [1.807, 2.05) is 0 Å². The Morgan fingerprint density at radius 2 is 2.03 bits per heavy atom.